The van der Waals surface area contributed by atoms with E-state index in [1.54, 1.807) is 29.7 Å². The molecule has 30 heavy (non-hydrogen) atoms. The third kappa shape index (κ3) is 5.49. The first-order valence-electron chi connectivity index (χ1n) is 10.3. The van der Waals surface area contributed by atoms with Crippen molar-refractivity contribution in [1.82, 2.24) is 9.80 Å². The number of likely N-dealkylation sites (tertiary alicyclic amines) is 1. The molecule has 0 atom stereocenters. The Morgan fingerprint density at radius 2 is 2.07 bits per heavy atom. The van der Waals surface area contributed by atoms with Crippen LogP contribution in [0.3, 0.4) is 0 Å². The van der Waals surface area contributed by atoms with Crippen LogP contribution >= 0.6 is 11.3 Å². The SMILES string of the molecule is O=C(Nc1cccc(F)c1)N(Cc1ccco1)C1CCN(CCc2cccs2)CC1. The van der Waals surface area contributed by atoms with E-state index in [4.69, 9.17) is 4.42 Å². The summed E-state index contributed by atoms with van der Waals surface area (Å²) in [4.78, 5) is 18.7. The normalized spacial score (nSPS) is 15.2. The fourth-order valence-corrected chi connectivity index (χ4v) is 4.57. The maximum Gasteiger partial charge on any atom is 0.322 e. The van der Waals surface area contributed by atoms with Crippen LogP contribution in [0.15, 0.2) is 64.6 Å². The molecule has 0 spiro atoms. The predicted octanol–water partition coefficient (Wildman–Crippen LogP) is 5.22. The zero-order valence-corrected chi connectivity index (χ0v) is 17.6. The van der Waals surface area contributed by atoms with Gasteiger partial charge >= 0.3 is 6.03 Å². The number of hydrogen-bond donors (Lipinski definition) is 1. The number of piperidine rings is 1. The standard InChI is InChI=1S/C23H26FN3O2S/c24-18-4-1-5-19(16-18)25-23(28)27(17-21-6-2-14-29-21)20-8-11-26(12-9-20)13-10-22-7-3-15-30-22/h1-7,14-16,20H,8-13,17H2,(H,25,28). The largest absolute Gasteiger partial charge is 0.467 e. The Bertz CT molecular complexity index is 922. The van der Waals surface area contributed by atoms with Gasteiger partial charge in [0.25, 0.3) is 0 Å². The van der Waals surface area contributed by atoms with Crippen LogP contribution in [-0.4, -0.2) is 41.5 Å². The molecule has 4 rings (SSSR count). The number of anilines is 1. The Morgan fingerprint density at radius 1 is 1.20 bits per heavy atom. The topological polar surface area (TPSA) is 48.7 Å². The molecule has 0 aliphatic carbocycles. The van der Waals surface area contributed by atoms with Crippen LogP contribution in [0, 0.1) is 5.82 Å². The average Bonchev–Trinajstić information content (AvgIpc) is 3.45. The number of amides is 2. The Labute approximate surface area is 180 Å². The summed E-state index contributed by atoms with van der Waals surface area (Å²) < 4.78 is 19.0. The van der Waals surface area contributed by atoms with Gasteiger partial charge in [-0.3, -0.25) is 0 Å². The number of halogens is 1. The molecule has 3 heterocycles. The van der Waals surface area contributed by atoms with Crippen molar-refractivity contribution in [3.63, 3.8) is 0 Å². The highest BCUT2D eigenvalue weighted by Gasteiger charge is 2.29. The van der Waals surface area contributed by atoms with E-state index < -0.39 is 0 Å². The molecule has 1 aromatic carbocycles. The average molecular weight is 428 g/mol. The fraction of sp³-hybridized carbons (Fsp3) is 0.348. The van der Waals surface area contributed by atoms with Crippen molar-refractivity contribution in [3.8, 4) is 0 Å². The van der Waals surface area contributed by atoms with Gasteiger partial charge in [0.05, 0.1) is 12.8 Å². The molecule has 1 saturated heterocycles. The Balaban J connectivity index is 1.38. The number of benzene rings is 1. The maximum absolute atomic E-state index is 13.5. The van der Waals surface area contributed by atoms with Crippen molar-refractivity contribution in [2.45, 2.75) is 31.8 Å². The lowest BCUT2D eigenvalue weighted by atomic mass is 10.0. The lowest BCUT2D eigenvalue weighted by molar-refractivity contribution is 0.119. The van der Waals surface area contributed by atoms with Crippen molar-refractivity contribution < 1.29 is 13.6 Å². The first kappa shape index (κ1) is 20.6. The smallest absolute Gasteiger partial charge is 0.322 e. The van der Waals surface area contributed by atoms with Gasteiger partial charge in [0.15, 0.2) is 0 Å². The number of hydrogen-bond acceptors (Lipinski definition) is 4. The highest BCUT2D eigenvalue weighted by Crippen LogP contribution is 2.22. The maximum atomic E-state index is 13.5. The van der Waals surface area contributed by atoms with Crippen molar-refractivity contribution in [2.75, 3.05) is 25.0 Å². The van der Waals surface area contributed by atoms with Crippen LogP contribution in [-0.2, 0) is 13.0 Å². The van der Waals surface area contributed by atoms with E-state index in [9.17, 15) is 9.18 Å². The highest BCUT2D eigenvalue weighted by molar-refractivity contribution is 7.09. The van der Waals surface area contributed by atoms with E-state index in [0.717, 1.165) is 44.7 Å². The van der Waals surface area contributed by atoms with E-state index in [1.165, 1.54) is 17.0 Å². The van der Waals surface area contributed by atoms with Crippen LogP contribution in [0.5, 0.6) is 0 Å². The number of nitrogens with zero attached hydrogens (tertiary/aromatic N) is 2. The molecule has 3 aromatic rings. The number of urea groups is 1. The fourth-order valence-electron chi connectivity index (χ4n) is 3.88. The van der Waals surface area contributed by atoms with Gasteiger partial charge in [0.1, 0.15) is 11.6 Å². The molecule has 5 nitrogen and oxygen atoms in total. The zero-order chi connectivity index (χ0) is 20.8. The zero-order valence-electron chi connectivity index (χ0n) is 16.8. The van der Waals surface area contributed by atoms with Gasteiger partial charge in [0.2, 0.25) is 0 Å². The van der Waals surface area contributed by atoms with Crippen LogP contribution < -0.4 is 5.32 Å². The highest BCUT2D eigenvalue weighted by atomic mass is 32.1. The summed E-state index contributed by atoms with van der Waals surface area (Å²) in [6, 6.07) is 13.8. The van der Waals surface area contributed by atoms with E-state index in [0.29, 0.717) is 12.2 Å². The number of rotatable bonds is 7. The molecule has 0 radical (unpaired) electrons. The minimum absolute atomic E-state index is 0.113. The first-order chi connectivity index (χ1) is 14.7. The molecule has 1 aliphatic rings. The van der Waals surface area contributed by atoms with Gasteiger partial charge in [-0.2, -0.15) is 0 Å². The Kier molecular flexibility index (Phi) is 6.81. The van der Waals surface area contributed by atoms with Crippen LogP contribution in [0.1, 0.15) is 23.5 Å². The summed E-state index contributed by atoms with van der Waals surface area (Å²) in [5.41, 5.74) is 0.456. The molecule has 2 aromatic heterocycles. The number of furan rings is 1. The van der Waals surface area contributed by atoms with Crippen LogP contribution in [0.25, 0.3) is 0 Å². The van der Waals surface area contributed by atoms with Gasteiger partial charge in [-0.1, -0.05) is 12.1 Å². The van der Waals surface area contributed by atoms with Crippen molar-refractivity contribution in [2.24, 2.45) is 0 Å². The second-order valence-corrected chi connectivity index (χ2v) is 8.58. The Morgan fingerprint density at radius 3 is 2.77 bits per heavy atom. The van der Waals surface area contributed by atoms with Crippen molar-refractivity contribution in [3.05, 3.63) is 76.6 Å². The molecule has 158 valence electrons. The number of nitrogens with one attached hydrogen (secondary N) is 1. The van der Waals surface area contributed by atoms with E-state index in [2.05, 4.69) is 27.7 Å². The number of thiophene rings is 1. The molecule has 1 fully saturated rings. The molecule has 2 amide bonds. The lowest BCUT2D eigenvalue weighted by Gasteiger charge is -2.38. The molecule has 1 aliphatic heterocycles. The monoisotopic (exact) mass is 427 g/mol. The third-order valence-electron chi connectivity index (χ3n) is 5.50. The van der Waals surface area contributed by atoms with E-state index in [1.807, 2.05) is 17.0 Å². The van der Waals surface area contributed by atoms with Crippen LogP contribution in [0.2, 0.25) is 0 Å². The van der Waals surface area contributed by atoms with Gasteiger partial charge in [-0.25, -0.2) is 9.18 Å². The second kappa shape index (κ2) is 9.91. The third-order valence-corrected chi connectivity index (χ3v) is 6.43. The molecule has 0 unspecified atom stereocenters. The summed E-state index contributed by atoms with van der Waals surface area (Å²) in [5, 5.41) is 4.96. The molecule has 7 heteroatoms. The number of carbonyl (C=O) groups is 1. The summed E-state index contributed by atoms with van der Waals surface area (Å²) >= 11 is 1.80. The predicted molar refractivity (Wildman–Crippen MR) is 117 cm³/mol. The van der Waals surface area contributed by atoms with Gasteiger partial charge in [-0.05, 0) is 61.0 Å². The lowest BCUT2D eigenvalue weighted by Crippen LogP contribution is -2.48. The molecule has 1 N–H and O–H groups in total. The van der Waals surface area contributed by atoms with E-state index >= 15 is 0 Å². The van der Waals surface area contributed by atoms with Crippen molar-refractivity contribution >= 4 is 23.1 Å². The van der Waals surface area contributed by atoms with Crippen molar-refractivity contribution in [1.29, 1.82) is 0 Å². The Hall–Kier alpha value is -2.64. The number of carbonyl (C=O) groups excluding carboxylic acids is 1. The minimum atomic E-state index is -0.371. The molecular weight excluding hydrogens is 401 g/mol. The van der Waals surface area contributed by atoms with E-state index in [-0.39, 0.29) is 17.9 Å². The molecule has 0 bridgehead atoms. The van der Waals surface area contributed by atoms with Gasteiger partial charge < -0.3 is 19.5 Å². The summed E-state index contributed by atoms with van der Waals surface area (Å²) in [6.07, 6.45) is 4.49. The quantitative estimate of drug-likeness (QED) is 0.562. The van der Waals surface area contributed by atoms with Crippen LogP contribution in [0.4, 0.5) is 14.9 Å². The summed E-state index contributed by atoms with van der Waals surface area (Å²) in [7, 11) is 0. The summed E-state index contributed by atoms with van der Waals surface area (Å²) in [5.74, 6) is 0.369. The second-order valence-electron chi connectivity index (χ2n) is 7.55. The molecule has 0 saturated carbocycles. The van der Waals surface area contributed by atoms with Gasteiger partial charge in [0, 0.05) is 36.2 Å². The van der Waals surface area contributed by atoms with Gasteiger partial charge in [-0.15, -0.1) is 11.3 Å². The minimum Gasteiger partial charge on any atom is -0.467 e. The summed E-state index contributed by atoms with van der Waals surface area (Å²) in [6.45, 7) is 3.35. The first-order valence-corrected chi connectivity index (χ1v) is 11.2. The molecular formula is C23H26FN3O2S.